The van der Waals surface area contributed by atoms with Gasteiger partial charge in [-0.1, -0.05) is 78.9 Å². The largest absolute Gasteiger partial charge is 0.335 e. The van der Waals surface area contributed by atoms with Crippen molar-refractivity contribution >= 4 is 21.8 Å². The second kappa shape index (κ2) is 8.16. The Balaban J connectivity index is 1.55. The molecule has 3 aromatic carbocycles. The quantitative estimate of drug-likeness (QED) is 0.311. The third-order valence-corrected chi connectivity index (χ3v) is 6.09. The van der Waals surface area contributed by atoms with E-state index in [1.165, 1.54) is 38.6 Å². The summed E-state index contributed by atoms with van der Waals surface area (Å²) in [6.07, 6.45) is 4.47. The normalized spacial score (nSPS) is 11.4. The molecule has 0 saturated heterocycles. The van der Waals surface area contributed by atoms with E-state index in [4.69, 9.17) is 0 Å². The Morgan fingerprint density at radius 2 is 1.37 bits per heavy atom. The maximum Gasteiger partial charge on any atom is 0.203 e. The lowest BCUT2D eigenvalue weighted by atomic mass is 10.1. The van der Waals surface area contributed by atoms with E-state index in [-0.39, 0.29) is 0 Å². The van der Waals surface area contributed by atoms with Crippen molar-refractivity contribution in [2.24, 2.45) is 0 Å². The first-order valence-electron chi connectivity index (χ1n) is 10.8. The third kappa shape index (κ3) is 3.50. The average Bonchev–Trinajstić information content (AvgIpc) is 3.12. The van der Waals surface area contributed by atoms with Crippen molar-refractivity contribution in [3.63, 3.8) is 0 Å². The minimum absolute atomic E-state index is 0.897. The second-order valence-electron chi connectivity index (χ2n) is 8.03. The molecule has 0 fully saturated rings. The number of rotatable bonds is 6. The molecule has 0 bridgehead atoms. The van der Waals surface area contributed by atoms with E-state index in [9.17, 15) is 0 Å². The van der Waals surface area contributed by atoms with E-state index in [2.05, 4.69) is 113 Å². The molecule has 2 nitrogen and oxygen atoms in total. The van der Waals surface area contributed by atoms with Crippen molar-refractivity contribution in [3.05, 3.63) is 114 Å². The number of aryl methyl sites for hydroxylation is 3. The predicted molar refractivity (Wildman–Crippen MR) is 125 cm³/mol. The van der Waals surface area contributed by atoms with Crippen molar-refractivity contribution in [2.45, 2.75) is 32.9 Å². The molecule has 0 radical (unpaired) electrons. The summed E-state index contributed by atoms with van der Waals surface area (Å²) in [6, 6.07) is 32.6. The molecule has 148 valence electrons. The zero-order valence-electron chi connectivity index (χ0n) is 17.5. The fourth-order valence-corrected chi connectivity index (χ4v) is 4.57. The summed E-state index contributed by atoms with van der Waals surface area (Å²) in [6.45, 7) is 4.18. The summed E-state index contributed by atoms with van der Waals surface area (Å²) < 4.78 is 4.91. The molecule has 0 amide bonds. The molecule has 0 aliphatic carbocycles. The Morgan fingerprint density at radius 3 is 2.13 bits per heavy atom. The van der Waals surface area contributed by atoms with E-state index in [1.54, 1.807) is 0 Å². The van der Waals surface area contributed by atoms with Crippen molar-refractivity contribution in [2.75, 3.05) is 0 Å². The summed E-state index contributed by atoms with van der Waals surface area (Å²) in [5.41, 5.74) is 6.77. The van der Waals surface area contributed by atoms with Crippen molar-refractivity contribution in [1.29, 1.82) is 0 Å². The maximum absolute atomic E-state index is 2.53. The number of hydrogen-bond acceptors (Lipinski definition) is 0. The highest BCUT2D eigenvalue weighted by atomic mass is 15.0. The summed E-state index contributed by atoms with van der Waals surface area (Å²) >= 11 is 0. The fourth-order valence-electron chi connectivity index (χ4n) is 4.57. The molecule has 0 aliphatic rings. The number of pyridine rings is 1. The molecule has 5 rings (SSSR count). The summed E-state index contributed by atoms with van der Waals surface area (Å²) in [5.74, 6) is 0. The number of benzene rings is 3. The van der Waals surface area contributed by atoms with Crippen LogP contribution in [-0.4, -0.2) is 4.57 Å². The van der Waals surface area contributed by atoms with Crippen LogP contribution in [0, 0.1) is 6.92 Å². The third-order valence-electron chi connectivity index (χ3n) is 6.09. The first-order valence-corrected chi connectivity index (χ1v) is 10.8. The van der Waals surface area contributed by atoms with Crippen LogP contribution < -0.4 is 4.57 Å². The topological polar surface area (TPSA) is 8.81 Å². The molecule has 5 aromatic rings. The summed E-state index contributed by atoms with van der Waals surface area (Å²) in [5, 5.41) is 2.70. The second-order valence-corrected chi connectivity index (χ2v) is 8.03. The number of fused-ring (bicyclic) bond motifs is 3. The lowest BCUT2D eigenvalue weighted by Gasteiger charge is -2.09. The zero-order chi connectivity index (χ0) is 20.3. The van der Waals surface area contributed by atoms with Crippen LogP contribution in [0.2, 0.25) is 0 Å². The van der Waals surface area contributed by atoms with Crippen LogP contribution in [0.25, 0.3) is 21.8 Å². The van der Waals surface area contributed by atoms with E-state index in [0.29, 0.717) is 0 Å². The van der Waals surface area contributed by atoms with Crippen LogP contribution in [-0.2, 0) is 19.5 Å². The van der Waals surface area contributed by atoms with E-state index >= 15 is 0 Å². The van der Waals surface area contributed by atoms with Crippen LogP contribution in [0.15, 0.2) is 97.2 Å². The van der Waals surface area contributed by atoms with Crippen LogP contribution >= 0.6 is 0 Å². The first-order chi connectivity index (χ1) is 14.8. The Bertz CT molecular complexity index is 1280. The molecule has 0 atom stereocenters. The van der Waals surface area contributed by atoms with Gasteiger partial charge in [-0.25, -0.2) is 0 Å². The van der Waals surface area contributed by atoms with Gasteiger partial charge in [0, 0.05) is 41.4 Å². The number of aromatic nitrogens is 2. The van der Waals surface area contributed by atoms with Gasteiger partial charge >= 0.3 is 0 Å². The molecule has 2 heteroatoms. The standard InChI is InChI=1S/C28H27N2/c1-22-28-26(18-20-29(22)21-24-13-6-3-7-14-24)25-16-8-9-17-27(25)30(28)19-10-15-23-11-4-2-5-12-23/h2-9,11-14,16-18,20H,10,15,19,21H2,1H3/q+1. The fraction of sp³-hybridized carbons (Fsp3) is 0.179. The molecule has 0 saturated carbocycles. The van der Waals surface area contributed by atoms with E-state index in [0.717, 1.165) is 25.9 Å². The maximum atomic E-state index is 2.53. The van der Waals surface area contributed by atoms with Crippen molar-refractivity contribution in [3.8, 4) is 0 Å². The summed E-state index contributed by atoms with van der Waals surface area (Å²) in [7, 11) is 0. The van der Waals surface area contributed by atoms with Crippen LogP contribution in [0.3, 0.4) is 0 Å². The molecule has 0 unspecified atom stereocenters. The van der Waals surface area contributed by atoms with Crippen LogP contribution in [0.1, 0.15) is 23.2 Å². The van der Waals surface area contributed by atoms with Crippen LogP contribution in [0.4, 0.5) is 0 Å². The van der Waals surface area contributed by atoms with Gasteiger partial charge in [-0.2, -0.15) is 4.57 Å². The molecule has 30 heavy (non-hydrogen) atoms. The highest BCUT2D eigenvalue weighted by molar-refractivity contribution is 6.08. The number of para-hydroxylation sites is 1. The molecule has 2 heterocycles. The minimum atomic E-state index is 0.897. The Morgan fingerprint density at radius 1 is 0.700 bits per heavy atom. The van der Waals surface area contributed by atoms with Gasteiger partial charge in [-0.15, -0.1) is 0 Å². The first kappa shape index (κ1) is 18.6. The molecular formula is C28H27N2+. The van der Waals surface area contributed by atoms with Gasteiger partial charge in [0.1, 0.15) is 5.52 Å². The summed E-state index contributed by atoms with van der Waals surface area (Å²) in [4.78, 5) is 0. The van der Waals surface area contributed by atoms with Gasteiger partial charge in [0.15, 0.2) is 12.7 Å². The SMILES string of the molecule is Cc1c2c(cc[n+]1Cc1ccccc1)c1ccccc1n2CCCc1ccccc1. The lowest BCUT2D eigenvalue weighted by molar-refractivity contribution is -0.693. The van der Waals surface area contributed by atoms with Gasteiger partial charge in [0.05, 0.1) is 0 Å². The predicted octanol–water partition coefficient (Wildman–Crippen LogP) is 6.07. The van der Waals surface area contributed by atoms with Gasteiger partial charge in [-0.3, -0.25) is 0 Å². The Hall–Kier alpha value is -3.39. The smallest absolute Gasteiger partial charge is 0.203 e. The molecule has 0 aliphatic heterocycles. The molecule has 0 spiro atoms. The van der Waals surface area contributed by atoms with Gasteiger partial charge in [0.2, 0.25) is 5.69 Å². The molecular weight excluding hydrogens is 364 g/mol. The van der Waals surface area contributed by atoms with Gasteiger partial charge in [-0.05, 0) is 24.5 Å². The average molecular weight is 392 g/mol. The lowest BCUT2D eigenvalue weighted by Crippen LogP contribution is -2.37. The zero-order valence-corrected chi connectivity index (χ0v) is 17.5. The minimum Gasteiger partial charge on any atom is -0.335 e. The molecule has 0 N–H and O–H groups in total. The Kier molecular flexibility index (Phi) is 5.06. The van der Waals surface area contributed by atoms with Crippen molar-refractivity contribution < 1.29 is 4.57 Å². The van der Waals surface area contributed by atoms with Gasteiger partial charge in [0.25, 0.3) is 0 Å². The monoisotopic (exact) mass is 391 g/mol. The number of hydrogen-bond donors (Lipinski definition) is 0. The van der Waals surface area contributed by atoms with E-state index in [1.807, 2.05) is 0 Å². The number of nitrogens with zero attached hydrogens (tertiary/aromatic N) is 2. The van der Waals surface area contributed by atoms with E-state index < -0.39 is 0 Å². The highest BCUT2D eigenvalue weighted by Crippen LogP contribution is 2.30. The highest BCUT2D eigenvalue weighted by Gasteiger charge is 2.19. The molecule has 2 aromatic heterocycles. The Labute approximate surface area is 178 Å². The van der Waals surface area contributed by atoms with Crippen LogP contribution in [0.5, 0.6) is 0 Å². The van der Waals surface area contributed by atoms with Gasteiger partial charge < -0.3 is 4.57 Å². The van der Waals surface area contributed by atoms with Crippen molar-refractivity contribution in [1.82, 2.24) is 4.57 Å².